The summed E-state index contributed by atoms with van der Waals surface area (Å²) in [4.78, 5) is 11.4. The molecular formula is C11H19NO3. The van der Waals surface area contributed by atoms with Crippen LogP contribution < -0.4 is 5.32 Å². The molecule has 0 aromatic rings. The molecule has 86 valence electrons. The van der Waals surface area contributed by atoms with Crippen molar-refractivity contribution in [2.75, 3.05) is 26.9 Å². The molecule has 0 aliphatic heterocycles. The molecule has 0 aromatic carbocycles. The fourth-order valence-corrected chi connectivity index (χ4v) is 1.78. The molecule has 1 rings (SSSR count). The number of hydrogen-bond acceptors (Lipinski definition) is 4. The number of allylic oxidation sites excluding steroid dienone is 2. The first-order chi connectivity index (χ1) is 7.26. The molecule has 1 aliphatic rings. The van der Waals surface area contributed by atoms with Crippen LogP contribution in [-0.2, 0) is 9.53 Å². The molecular weight excluding hydrogens is 194 g/mol. The smallest absolute Gasteiger partial charge is 0.157 e. The number of ketones is 1. The van der Waals surface area contributed by atoms with Gasteiger partial charge in [0.1, 0.15) is 0 Å². The normalized spacial score (nSPS) is 21.3. The van der Waals surface area contributed by atoms with Gasteiger partial charge in [-0.05, 0) is 18.8 Å². The molecule has 0 saturated carbocycles. The molecule has 2 N–H and O–H groups in total. The van der Waals surface area contributed by atoms with Crippen molar-refractivity contribution < 1.29 is 14.6 Å². The summed E-state index contributed by atoms with van der Waals surface area (Å²) in [5, 5.41) is 11.8. The molecule has 4 nitrogen and oxygen atoms in total. The molecule has 0 amide bonds. The maximum absolute atomic E-state index is 11.4. The second-order valence-corrected chi connectivity index (χ2v) is 3.87. The Hall–Kier alpha value is -0.870. The first-order valence-corrected chi connectivity index (χ1v) is 5.33. The van der Waals surface area contributed by atoms with Crippen LogP contribution in [0, 0.1) is 5.92 Å². The van der Waals surface area contributed by atoms with Crippen LogP contribution in [0.15, 0.2) is 11.8 Å². The predicted octanol–water partition coefficient (Wildman–Crippen LogP) is 0.468. The lowest BCUT2D eigenvalue weighted by molar-refractivity contribution is -0.116. The Labute approximate surface area is 90.3 Å². The average molecular weight is 213 g/mol. The quantitative estimate of drug-likeness (QED) is 0.630. The molecule has 1 atom stereocenters. The van der Waals surface area contributed by atoms with Crippen LogP contribution >= 0.6 is 0 Å². The summed E-state index contributed by atoms with van der Waals surface area (Å²) in [6.07, 6.45) is 3.83. The Bertz CT molecular complexity index is 238. The second kappa shape index (κ2) is 6.58. The lowest BCUT2D eigenvalue weighted by Crippen LogP contribution is -2.26. The zero-order valence-corrected chi connectivity index (χ0v) is 9.16. The van der Waals surface area contributed by atoms with Gasteiger partial charge in [0, 0.05) is 45.1 Å². The number of aliphatic hydroxyl groups is 1. The van der Waals surface area contributed by atoms with E-state index in [-0.39, 0.29) is 12.4 Å². The fraction of sp³-hybridized carbons (Fsp3) is 0.727. The van der Waals surface area contributed by atoms with Crippen LogP contribution in [0.5, 0.6) is 0 Å². The van der Waals surface area contributed by atoms with Crippen LogP contribution in [0.25, 0.3) is 0 Å². The first kappa shape index (κ1) is 12.2. The number of rotatable bonds is 6. The van der Waals surface area contributed by atoms with E-state index in [2.05, 4.69) is 5.32 Å². The van der Waals surface area contributed by atoms with E-state index in [1.807, 2.05) is 0 Å². The van der Waals surface area contributed by atoms with Gasteiger partial charge < -0.3 is 15.2 Å². The molecule has 0 radical (unpaired) electrons. The van der Waals surface area contributed by atoms with Crippen LogP contribution in [0.1, 0.15) is 19.3 Å². The number of ether oxygens (including phenoxy) is 1. The summed E-state index contributed by atoms with van der Waals surface area (Å²) in [7, 11) is 1.65. The second-order valence-electron chi connectivity index (χ2n) is 3.87. The first-order valence-electron chi connectivity index (χ1n) is 5.33. The fourth-order valence-electron chi connectivity index (χ4n) is 1.78. The van der Waals surface area contributed by atoms with Gasteiger partial charge in [0.15, 0.2) is 5.78 Å². The summed E-state index contributed by atoms with van der Waals surface area (Å²) in [5.41, 5.74) is 0.974. The Balaban J connectivity index is 2.38. The average Bonchev–Trinajstić information content (AvgIpc) is 2.18. The van der Waals surface area contributed by atoms with Gasteiger partial charge in [-0.3, -0.25) is 4.79 Å². The van der Waals surface area contributed by atoms with E-state index in [0.717, 1.165) is 18.7 Å². The van der Waals surface area contributed by atoms with E-state index in [1.165, 1.54) is 0 Å². The van der Waals surface area contributed by atoms with Gasteiger partial charge >= 0.3 is 0 Å². The Morgan fingerprint density at radius 1 is 1.60 bits per heavy atom. The van der Waals surface area contributed by atoms with Crippen LogP contribution in [0.4, 0.5) is 0 Å². The standard InChI is InChI=1S/C11H19NO3/c1-15-8-9-5-10(7-11(14)6-9)12-3-2-4-13/h7,9,12-13H,2-6,8H2,1H3. The molecule has 4 heteroatoms. The zero-order valence-electron chi connectivity index (χ0n) is 9.16. The van der Waals surface area contributed by atoms with E-state index < -0.39 is 0 Å². The van der Waals surface area contributed by atoms with Crippen molar-refractivity contribution in [1.82, 2.24) is 5.32 Å². The number of carbonyl (C=O) groups is 1. The van der Waals surface area contributed by atoms with E-state index in [4.69, 9.17) is 9.84 Å². The van der Waals surface area contributed by atoms with Crippen molar-refractivity contribution in [3.05, 3.63) is 11.8 Å². The third-order valence-electron chi connectivity index (χ3n) is 2.42. The third-order valence-corrected chi connectivity index (χ3v) is 2.42. The van der Waals surface area contributed by atoms with Crippen molar-refractivity contribution in [2.45, 2.75) is 19.3 Å². The van der Waals surface area contributed by atoms with Crippen molar-refractivity contribution in [3.63, 3.8) is 0 Å². The highest BCUT2D eigenvalue weighted by molar-refractivity contribution is 5.91. The van der Waals surface area contributed by atoms with E-state index in [9.17, 15) is 4.79 Å². The van der Waals surface area contributed by atoms with Gasteiger partial charge in [-0.15, -0.1) is 0 Å². The number of hydrogen-bond donors (Lipinski definition) is 2. The maximum atomic E-state index is 11.4. The van der Waals surface area contributed by atoms with Crippen LogP contribution in [0.2, 0.25) is 0 Å². The van der Waals surface area contributed by atoms with Crippen molar-refractivity contribution >= 4 is 5.78 Å². The highest BCUT2D eigenvalue weighted by atomic mass is 16.5. The predicted molar refractivity (Wildman–Crippen MR) is 57.4 cm³/mol. The zero-order chi connectivity index (χ0) is 11.1. The lowest BCUT2D eigenvalue weighted by atomic mass is 9.92. The Morgan fingerprint density at radius 2 is 2.40 bits per heavy atom. The molecule has 1 unspecified atom stereocenters. The van der Waals surface area contributed by atoms with Crippen molar-refractivity contribution in [3.8, 4) is 0 Å². The molecule has 0 spiro atoms. The lowest BCUT2D eigenvalue weighted by Gasteiger charge is -2.22. The SMILES string of the molecule is COCC1CC(=O)C=C(NCCCO)C1. The maximum Gasteiger partial charge on any atom is 0.157 e. The Kier molecular flexibility index (Phi) is 5.36. The number of aliphatic hydroxyl groups excluding tert-OH is 1. The minimum atomic E-state index is 0.162. The highest BCUT2D eigenvalue weighted by Crippen LogP contribution is 2.20. The molecule has 0 bridgehead atoms. The van der Waals surface area contributed by atoms with Gasteiger partial charge in [0.2, 0.25) is 0 Å². The largest absolute Gasteiger partial charge is 0.396 e. The summed E-state index contributed by atoms with van der Waals surface area (Å²) < 4.78 is 5.06. The minimum Gasteiger partial charge on any atom is -0.396 e. The van der Waals surface area contributed by atoms with Crippen molar-refractivity contribution in [2.24, 2.45) is 5.92 Å². The third kappa shape index (κ3) is 4.44. The summed E-state index contributed by atoms with van der Waals surface area (Å²) in [6.45, 7) is 1.52. The summed E-state index contributed by atoms with van der Waals surface area (Å²) >= 11 is 0. The number of carbonyl (C=O) groups excluding carboxylic acids is 1. The van der Waals surface area contributed by atoms with Gasteiger partial charge in [-0.1, -0.05) is 0 Å². The van der Waals surface area contributed by atoms with Gasteiger partial charge in [-0.25, -0.2) is 0 Å². The molecule has 0 fully saturated rings. The molecule has 0 saturated heterocycles. The topological polar surface area (TPSA) is 58.6 Å². The van der Waals surface area contributed by atoms with E-state index in [0.29, 0.717) is 25.4 Å². The van der Waals surface area contributed by atoms with E-state index >= 15 is 0 Å². The molecule has 1 aliphatic carbocycles. The van der Waals surface area contributed by atoms with Crippen LogP contribution in [-0.4, -0.2) is 37.8 Å². The van der Waals surface area contributed by atoms with Crippen LogP contribution in [0.3, 0.4) is 0 Å². The number of methoxy groups -OCH3 is 1. The minimum absolute atomic E-state index is 0.162. The highest BCUT2D eigenvalue weighted by Gasteiger charge is 2.20. The Morgan fingerprint density at radius 3 is 3.07 bits per heavy atom. The van der Waals surface area contributed by atoms with Gasteiger partial charge in [-0.2, -0.15) is 0 Å². The van der Waals surface area contributed by atoms with Crippen molar-refractivity contribution in [1.29, 1.82) is 0 Å². The molecule has 0 aromatic heterocycles. The molecule has 0 heterocycles. The summed E-state index contributed by atoms with van der Waals surface area (Å²) in [6, 6.07) is 0. The monoisotopic (exact) mass is 213 g/mol. The van der Waals surface area contributed by atoms with Gasteiger partial charge in [0.05, 0.1) is 0 Å². The molecule has 15 heavy (non-hydrogen) atoms. The van der Waals surface area contributed by atoms with Gasteiger partial charge in [0.25, 0.3) is 0 Å². The summed E-state index contributed by atoms with van der Waals surface area (Å²) in [5.74, 6) is 0.457. The van der Waals surface area contributed by atoms with E-state index in [1.54, 1.807) is 13.2 Å². The number of nitrogens with one attached hydrogen (secondary N) is 1.